The molecule has 0 N–H and O–H groups in total. The molecule has 0 saturated carbocycles. The Kier molecular flexibility index (Phi) is 3.79. The Morgan fingerprint density at radius 2 is 2.09 bits per heavy atom. The van der Waals surface area contributed by atoms with E-state index in [1.54, 1.807) is 33.2 Å². The Bertz CT molecular complexity index is 682. The lowest BCUT2D eigenvalue weighted by Gasteiger charge is -2.18. The Labute approximate surface area is 133 Å². The number of amides is 2. The number of hydrogen-bond acceptors (Lipinski definition) is 4. The van der Waals surface area contributed by atoms with Gasteiger partial charge in [0.25, 0.3) is 11.8 Å². The molecule has 0 bridgehead atoms. The van der Waals surface area contributed by atoms with Gasteiger partial charge >= 0.3 is 0 Å². The van der Waals surface area contributed by atoms with Crippen molar-refractivity contribution < 1.29 is 18.8 Å². The number of oxime groups is 1. The van der Waals surface area contributed by atoms with Gasteiger partial charge in [-0.1, -0.05) is 17.3 Å². The minimum Gasteiger partial charge on any atom is -0.389 e. The minimum absolute atomic E-state index is 0.0740. The summed E-state index contributed by atoms with van der Waals surface area (Å²) in [4.78, 5) is 33.0. The van der Waals surface area contributed by atoms with Crippen LogP contribution in [0.4, 0.5) is 4.39 Å². The summed E-state index contributed by atoms with van der Waals surface area (Å²) in [5, 5.41) is 3.86. The quantitative estimate of drug-likeness (QED) is 0.818. The van der Waals surface area contributed by atoms with E-state index in [0.29, 0.717) is 24.4 Å². The molecule has 2 heterocycles. The number of halogens is 1. The number of rotatable bonds is 2. The highest BCUT2D eigenvalue weighted by Gasteiger charge is 2.47. The summed E-state index contributed by atoms with van der Waals surface area (Å²) in [5.41, 5.74) is 0.983. The second-order valence-electron chi connectivity index (χ2n) is 6.07. The van der Waals surface area contributed by atoms with Gasteiger partial charge in [-0.05, 0) is 18.6 Å². The topological polar surface area (TPSA) is 62.2 Å². The van der Waals surface area contributed by atoms with Crippen molar-refractivity contribution in [3.8, 4) is 0 Å². The molecular formula is C16H18FN3O3. The summed E-state index contributed by atoms with van der Waals surface area (Å²) >= 11 is 0. The number of hydrogen-bond donors (Lipinski definition) is 0. The van der Waals surface area contributed by atoms with E-state index in [1.807, 2.05) is 0 Å². The van der Waals surface area contributed by atoms with E-state index in [2.05, 4.69) is 5.16 Å². The number of nitrogens with zero attached hydrogens (tertiary/aromatic N) is 3. The van der Waals surface area contributed by atoms with Gasteiger partial charge in [0, 0.05) is 20.6 Å². The van der Waals surface area contributed by atoms with Crippen LogP contribution < -0.4 is 0 Å². The molecule has 1 saturated heterocycles. The second kappa shape index (κ2) is 5.64. The number of fused-ring (bicyclic) bond motifs is 1. The third-order valence-electron chi connectivity index (χ3n) is 4.25. The van der Waals surface area contributed by atoms with Gasteiger partial charge in [0.15, 0.2) is 11.8 Å². The molecular weight excluding hydrogens is 301 g/mol. The third-order valence-corrected chi connectivity index (χ3v) is 4.25. The summed E-state index contributed by atoms with van der Waals surface area (Å²) in [6.45, 7) is 2.30. The highest BCUT2D eigenvalue weighted by atomic mass is 19.1. The van der Waals surface area contributed by atoms with Crippen LogP contribution in [0.1, 0.15) is 15.9 Å². The predicted molar refractivity (Wildman–Crippen MR) is 81.5 cm³/mol. The molecule has 0 radical (unpaired) electrons. The van der Waals surface area contributed by atoms with Crippen LogP contribution in [0.15, 0.2) is 23.4 Å². The Morgan fingerprint density at radius 1 is 1.35 bits per heavy atom. The zero-order valence-electron chi connectivity index (χ0n) is 13.2. The maximum Gasteiger partial charge on any atom is 0.271 e. The second-order valence-corrected chi connectivity index (χ2v) is 6.07. The van der Waals surface area contributed by atoms with Crippen molar-refractivity contribution in [1.29, 1.82) is 0 Å². The van der Waals surface area contributed by atoms with Crippen LogP contribution in [-0.4, -0.2) is 60.6 Å². The molecule has 1 aromatic carbocycles. The maximum absolute atomic E-state index is 14.0. The molecule has 0 aromatic heterocycles. The molecule has 23 heavy (non-hydrogen) atoms. The highest BCUT2D eigenvalue weighted by Crippen LogP contribution is 2.29. The molecule has 1 fully saturated rings. The van der Waals surface area contributed by atoms with E-state index >= 15 is 0 Å². The summed E-state index contributed by atoms with van der Waals surface area (Å²) < 4.78 is 14.0. The number of likely N-dealkylation sites (tertiary alicyclic amines) is 1. The maximum atomic E-state index is 14.0. The molecule has 122 valence electrons. The van der Waals surface area contributed by atoms with E-state index in [1.165, 1.54) is 15.9 Å². The fourth-order valence-corrected chi connectivity index (χ4v) is 2.99. The fraction of sp³-hybridized carbons (Fsp3) is 0.438. The average molecular weight is 319 g/mol. The molecule has 2 aliphatic rings. The molecule has 3 rings (SSSR count). The summed E-state index contributed by atoms with van der Waals surface area (Å²) in [6, 6.07) is 4.55. The van der Waals surface area contributed by atoms with Crippen molar-refractivity contribution in [3.05, 3.63) is 35.1 Å². The van der Waals surface area contributed by atoms with Crippen LogP contribution in [0, 0.1) is 18.7 Å². The monoisotopic (exact) mass is 319 g/mol. The van der Waals surface area contributed by atoms with Crippen molar-refractivity contribution in [1.82, 2.24) is 9.80 Å². The lowest BCUT2D eigenvalue weighted by atomic mass is 10.00. The summed E-state index contributed by atoms with van der Waals surface area (Å²) in [5.74, 6) is -1.41. The van der Waals surface area contributed by atoms with E-state index < -0.39 is 5.82 Å². The van der Waals surface area contributed by atoms with Crippen LogP contribution in [0.2, 0.25) is 0 Å². The Balaban J connectivity index is 1.80. The zero-order valence-corrected chi connectivity index (χ0v) is 13.2. The van der Waals surface area contributed by atoms with Crippen molar-refractivity contribution in [2.24, 2.45) is 11.1 Å². The van der Waals surface area contributed by atoms with Gasteiger partial charge in [-0.15, -0.1) is 0 Å². The van der Waals surface area contributed by atoms with Gasteiger partial charge in [0.05, 0.1) is 18.0 Å². The fourth-order valence-electron chi connectivity index (χ4n) is 2.99. The highest BCUT2D eigenvalue weighted by molar-refractivity contribution is 6.40. The van der Waals surface area contributed by atoms with Crippen LogP contribution in [0.5, 0.6) is 0 Å². The summed E-state index contributed by atoms with van der Waals surface area (Å²) in [6.07, 6.45) is -0.343. The third kappa shape index (κ3) is 2.56. The molecule has 2 amide bonds. The smallest absolute Gasteiger partial charge is 0.271 e. The van der Waals surface area contributed by atoms with E-state index in [0.717, 1.165) is 0 Å². The Hall–Kier alpha value is -2.44. The molecule has 6 nitrogen and oxygen atoms in total. The molecule has 0 unspecified atom stereocenters. The minimum atomic E-state index is -0.536. The normalized spacial score (nSPS) is 22.4. The van der Waals surface area contributed by atoms with E-state index in [9.17, 15) is 14.0 Å². The Morgan fingerprint density at radius 3 is 2.74 bits per heavy atom. The van der Waals surface area contributed by atoms with Gasteiger partial charge in [-0.25, -0.2) is 4.39 Å². The van der Waals surface area contributed by atoms with Crippen LogP contribution in [-0.2, 0) is 9.63 Å². The first kappa shape index (κ1) is 15.5. The molecule has 0 aliphatic carbocycles. The number of carbonyl (C=O) groups is 2. The van der Waals surface area contributed by atoms with Gasteiger partial charge in [-0.3, -0.25) is 9.59 Å². The van der Waals surface area contributed by atoms with Crippen LogP contribution in [0.3, 0.4) is 0 Å². The standard InChI is InChI=1S/C16H18FN3O3/c1-9-5-4-6-11(17)13(9)15(21)20-7-10-12(8-20)23-18-14(10)16(22)19(2)3/h4-6,10,12H,7-8H2,1-3H3/t10-,12+/m0/s1. The van der Waals surface area contributed by atoms with Crippen LogP contribution >= 0.6 is 0 Å². The molecule has 0 spiro atoms. The molecule has 2 aliphatic heterocycles. The van der Waals surface area contributed by atoms with Gasteiger partial charge in [0.2, 0.25) is 0 Å². The van der Waals surface area contributed by atoms with Crippen molar-refractivity contribution in [2.45, 2.75) is 13.0 Å². The van der Waals surface area contributed by atoms with Crippen LogP contribution in [0.25, 0.3) is 0 Å². The molecule has 1 aromatic rings. The zero-order chi connectivity index (χ0) is 16.7. The average Bonchev–Trinajstić information content (AvgIpc) is 3.06. The molecule has 2 atom stereocenters. The summed E-state index contributed by atoms with van der Waals surface area (Å²) in [7, 11) is 3.28. The number of aryl methyl sites for hydroxylation is 1. The van der Waals surface area contributed by atoms with E-state index in [-0.39, 0.29) is 29.4 Å². The van der Waals surface area contributed by atoms with Crippen molar-refractivity contribution in [2.75, 3.05) is 27.2 Å². The predicted octanol–water partition coefficient (Wildman–Crippen LogP) is 1.05. The van der Waals surface area contributed by atoms with E-state index in [4.69, 9.17) is 4.84 Å². The largest absolute Gasteiger partial charge is 0.389 e. The van der Waals surface area contributed by atoms with Crippen molar-refractivity contribution >= 4 is 17.5 Å². The van der Waals surface area contributed by atoms with Gasteiger partial charge < -0.3 is 14.6 Å². The van der Waals surface area contributed by atoms with Crippen molar-refractivity contribution in [3.63, 3.8) is 0 Å². The first-order chi connectivity index (χ1) is 10.9. The lowest BCUT2D eigenvalue weighted by molar-refractivity contribution is -0.122. The first-order valence-corrected chi connectivity index (χ1v) is 7.40. The number of benzene rings is 1. The SMILES string of the molecule is Cc1cccc(F)c1C(=O)N1C[C@@H]2C(C(=O)N(C)C)=NO[C@@H]2C1. The number of carbonyl (C=O) groups excluding carboxylic acids is 2. The first-order valence-electron chi connectivity index (χ1n) is 7.40. The molecule has 7 heteroatoms. The van der Waals surface area contributed by atoms with Gasteiger partial charge in [-0.2, -0.15) is 0 Å². The van der Waals surface area contributed by atoms with Gasteiger partial charge in [0.1, 0.15) is 5.82 Å². The lowest BCUT2D eigenvalue weighted by Crippen LogP contribution is -2.37.